The minimum absolute atomic E-state index is 0.00926. The highest BCUT2D eigenvalue weighted by atomic mass is 35.5. The first kappa shape index (κ1) is 23.2. The number of carbonyl (C=O) groups excluding carboxylic acids is 2. The molecule has 0 aliphatic heterocycles. The molecule has 0 aliphatic carbocycles. The molecule has 0 atom stereocenters. The summed E-state index contributed by atoms with van der Waals surface area (Å²) in [6, 6.07) is 18.9. The number of rotatable bonds is 8. The molecule has 8 heteroatoms. The molecule has 0 aliphatic rings. The lowest BCUT2D eigenvalue weighted by molar-refractivity contribution is 0.101. The van der Waals surface area contributed by atoms with E-state index in [1.165, 1.54) is 35.5 Å². The summed E-state index contributed by atoms with van der Waals surface area (Å²) in [4.78, 5) is 24.1. The molecule has 0 radical (unpaired) electrons. The first-order chi connectivity index (χ1) is 15.2. The van der Waals surface area contributed by atoms with Crippen LogP contribution >= 0.6 is 11.6 Å². The number of nitrogens with zero attached hydrogens (tertiary/aromatic N) is 1. The average molecular weight is 469 g/mol. The summed E-state index contributed by atoms with van der Waals surface area (Å²) in [5.74, 6) is -0.663. The van der Waals surface area contributed by atoms with Gasteiger partial charge in [0.25, 0.3) is 15.9 Å². The van der Waals surface area contributed by atoms with Gasteiger partial charge >= 0.3 is 0 Å². The zero-order valence-electron chi connectivity index (χ0n) is 17.3. The smallest absolute Gasteiger partial charge is 0.264 e. The van der Waals surface area contributed by atoms with Gasteiger partial charge in [-0.15, -0.1) is 6.58 Å². The van der Waals surface area contributed by atoms with Crippen LogP contribution in [0, 0.1) is 0 Å². The van der Waals surface area contributed by atoms with Crippen molar-refractivity contribution < 1.29 is 18.0 Å². The number of benzene rings is 3. The zero-order chi connectivity index (χ0) is 23.3. The lowest BCUT2D eigenvalue weighted by Crippen LogP contribution is -2.31. The fourth-order valence-electron chi connectivity index (χ4n) is 3.01. The van der Waals surface area contributed by atoms with Gasteiger partial charge < -0.3 is 5.32 Å². The molecule has 164 valence electrons. The Morgan fingerprint density at radius 1 is 1.03 bits per heavy atom. The number of ketones is 1. The number of amides is 1. The Labute approximate surface area is 192 Å². The first-order valence-electron chi connectivity index (χ1n) is 9.64. The highest BCUT2D eigenvalue weighted by Gasteiger charge is 2.26. The molecule has 0 spiro atoms. The Bertz CT molecular complexity index is 1260. The number of para-hydroxylation sites is 1. The number of carbonyl (C=O) groups is 2. The number of hydrogen-bond donors (Lipinski definition) is 1. The molecule has 0 bridgehead atoms. The van der Waals surface area contributed by atoms with Crippen molar-refractivity contribution >= 4 is 44.7 Å². The minimum atomic E-state index is -3.99. The summed E-state index contributed by atoms with van der Waals surface area (Å²) in [5, 5.41) is 2.78. The Hall–Kier alpha value is -3.42. The molecule has 0 aromatic heterocycles. The molecule has 0 saturated carbocycles. The van der Waals surface area contributed by atoms with Crippen LogP contribution in [-0.4, -0.2) is 26.7 Å². The molecule has 1 N–H and O–H groups in total. The van der Waals surface area contributed by atoms with Gasteiger partial charge in [0.15, 0.2) is 5.78 Å². The van der Waals surface area contributed by atoms with Crippen molar-refractivity contribution in [2.75, 3.05) is 16.2 Å². The number of anilines is 2. The highest BCUT2D eigenvalue weighted by molar-refractivity contribution is 7.92. The van der Waals surface area contributed by atoms with E-state index < -0.39 is 15.9 Å². The molecule has 3 aromatic carbocycles. The van der Waals surface area contributed by atoms with Crippen molar-refractivity contribution in [3.05, 3.63) is 102 Å². The van der Waals surface area contributed by atoms with E-state index in [2.05, 4.69) is 11.9 Å². The van der Waals surface area contributed by atoms with Crippen LogP contribution in [0.4, 0.5) is 11.4 Å². The molecular weight excluding hydrogens is 448 g/mol. The number of halogens is 1. The number of hydrogen-bond acceptors (Lipinski definition) is 4. The molecule has 0 saturated heterocycles. The third-order valence-corrected chi connectivity index (χ3v) is 6.78. The molecule has 0 heterocycles. The lowest BCUT2D eigenvalue weighted by Gasteiger charge is -2.23. The van der Waals surface area contributed by atoms with E-state index in [0.717, 1.165) is 0 Å². The van der Waals surface area contributed by atoms with Gasteiger partial charge in [0.2, 0.25) is 0 Å². The predicted octanol–water partition coefficient (Wildman–Crippen LogP) is 5.18. The maximum Gasteiger partial charge on any atom is 0.264 e. The monoisotopic (exact) mass is 468 g/mol. The fraction of sp³-hybridized carbons (Fsp3) is 0.0833. The van der Waals surface area contributed by atoms with Crippen LogP contribution in [0.5, 0.6) is 0 Å². The normalized spacial score (nSPS) is 10.9. The minimum Gasteiger partial charge on any atom is -0.322 e. The SMILES string of the molecule is C=CCN(c1ccccc1)S(=O)(=O)c1ccc(Cl)c(C(=O)Nc2ccc(C(C)=O)cc2)c1. The quantitative estimate of drug-likeness (QED) is 0.365. The second-order valence-electron chi connectivity index (χ2n) is 6.89. The number of sulfonamides is 1. The van der Waals surface area contributed by atoms with Crippen LogP contribution in [0.25, 0.3) is 0 Å². The summed E-state index contributed by atoms with van der Waals surface area (Å²) in [7, 11) is -3.99. The van der Waals surface area contributed by atoms with Crippen molar-refractivity contribution in [1.29, 1.82) is 0 Å². The second-order valence-corrected chi connectivity index (χ2v) is 9.16. The van der Waals surface area contributed by atoms with Crippen molar-refractivity contribution in [2.24, 2.45) is 0 Å². The van der Waals surface area contributed by atoms with E-state index in [-0.39, 0.29) is 27.8 Å². The molecule has 1 amide bonds. The lowest BCUT2D eigenvalue weighted by atomic mass is 10.1. The number of Topliss-reactive ketones (excluding diaryl/α,β-unsaturated/α-hetero) is 1. The Balaban J connectivity index is 1.93. The van der Waals surface area contributed by atoms with Crippen LogP contribution in [-0.2, 0) is 10.0 Å². The van der Waals surface area contributed by atoms with Crippen LogP contribution in [0.1, 0.15) is 27.6 Å². The van der Waals surface area contributed by atoms with Gasteiger partial charge in [0, 0.05) is 11.3 Å². The van der Waals surface area contributed by atoms with Crippen molar-refractivity contribution in [1.82, 2.24) is 0 Å². The summed E-state index contributed by atoms with van der Waals surface area (Å²) in [6.45, 7) is 5.15. The average Bonchev–Trinajstić information content (AvgIpc) is 2.78. The highest BCUT2D eigenvalue weighted by Crippen LogP contribution is 2.27. The largest absolute Gasteiger partial charge is 0.322 e. The van der Waals surface area contributed by atoms with E-state index in [1.807, 2.05) is 0 Å². The molecule has 32 heavy (non-hydrogen) atoms. The van der Waals surface area contributed by atoms with E-state index in [9.17, 15) is 18.0 Å². The van der Waals surface area contributed by atoms with Gasteiger partial charge in [0.1, 0.15) is 0 Å². The number of nitrogens with one attached hydrogen (secondary N) is 1. The molecule has 3 aromatic rings. The van der Waals surface area contributed by atoms with Crippen LogP contribution in [0.2, 0.25) is 5.02 Å². The van der Waals surface area contributed by atoms with Crippen LogP contribution < -0.4 is 9.62 Å². The van der Waals surface area contributed by atoms with Gasteiger partial charge in [-0.1, -0.05) is 35.9 Å². The van der Waals surface area contributed by atoms with Crippen LogP contribution in [0.3, 0.4) is 0 Å². The molecular formula is C24H21ClN2O4S. The molecule has 3 rings (SSSR count). The molecule has 0 unspecified atom stereocenters. The molecule has 6 nitrogen and oxygen atoms in total. The Morgan fingerprint density at radius 2 is 1.69 bits per heavy atom. The first-order valence-corrected chi connectivity index (χ1v) is 11.5. The molecule has 0 fully saturated rings. The van der Waals surface area contributed by atoms with Gasteiger partial charge in [-0.3, -0.25) is 13.9 Å². The zero-order valence-corrected chi connectivity index (χ0v) is 18.9. The summed E-state index contributed by atoms with van der Waals surface area (Å²) >= 11 is 6.20. The fourth-order valence-corrected chi connectivity index (χ4v) is 4.67. The maximum absolute atomic E-state index is 13.3. The topological polar surface area (TPSA) is 83.6 Å². The van der Waals surface area contributed by atoms with E-state index in [4.69, 9.17) is 11.6 Å². The van der Waals surface area contributed by atoms with Crippen molar-refractivity contribution in [3.8, 4) is 0 Å². The van der Waals surface area contributed by atoms with Gasteiger partial charge in [-0.05, 0) is 61.5 Å². The Kier molecular flexibility index (Phi) is 7.12. The summed E-state index contributed by atoms with van der Waals surface area (Å²) in [5.41, 5.74) is 1.44. The third kappa shape index (κ3) is 5.07. The van der Waals surface area contributed by atoms with Crippen molar-refractivity contribution in [2.45, 2.75) is 11.8 Å². The summed E-state index contributed by atoms with van der Waals surface area (Å²) in [6.07, 6.45) is 1.48. The third-order valence-electron chi connectivity index (χ3n) is 4.66. The standard InChI is InChI=1S/C24H21ClN2O4S/c1-3-15-27(20-7-5-4-6-8-20)32(30,31)21-13-14-23(25)22(16-21)24(29)26-19-11-9-18(10-12-19)17(2)28/h3-14,16H,1,15H2,2H3,(H,26,29). The second kappa shape index (κ2) is 9.80. The van der Waals surface area contributed by atoms with Gasteiger partial charge in [-0.25, -0.2) is 8.42 Å². The van der Waals surface area contributed by atoms with Crippen molar-refractivity contribution in [3.63, 3.8) is 0 Å². The summed E-state index contributed by atoms with van der Waals surface area (Å²) < 4.78 is 27.9. The van der Waals surface area contributed by atoms with E-state index in [1.54, 1.807) is 54.6 Å². The van der Waals surface area contributed by atoms with E-state index in [0.29, 0.717) is 16.9 Å². The van der Waals surface area contributed by atoms with E-state index >= 15 is 0 Å². The van der Waals surface area contributed by atoms with Gasteiger partial charge in [-0.2, -0.15) is 0 Å². The predicted molar refractivity (Wildman–Crippen MR) is 127 cm³/mol. The maximum atomic E-state index is 13.3. The van der Waals surface area contributed by atoms with Crippen LogP contribution in [0.15, 0.2) is 90.3 Å². The Morgan fingerprint density at radius 3 is 2.28 bits per heavy atom. The van der Waals surface area contributed by atoms with Gasteiger partial charge in [0.05, 0.1) is 27.7 Å².